The van der Waals surface area contributed by atoms with Crippen LogP contribution in [0.3, 0.4) is 0 Å². The summed E-state index contributed by atoms with van der Waals surface area (Å²) in [7, 11) is 0. The number of aliphatic hydroxyl groups excluding tert-OH is 1. The Hall–Kier alpha value is -3.71. The number of hydrogen-bond donors (Lipinski definition) is 3. The maximum atomic E-state index is 13.1. The van der Waals surface area contributed by atoms with Crippen molar-refractivity contribution in [1.29, 1.82) is 0 Å². The molecule has 3 aromatic rings. The number of amides is 2. The van der Waals surface area contributed by atoms with Crippen molar-refractivity contribution in [3.63, 3.8) is 0 Å². The molecule has 1 aromatic heterocycles. The van der Waals surface area contributed by atoms with Crippen LogP contribution < -0.4 is 15.4 Å². The van der Waals surface area contributed by atoms with E-state index in [0.29, 0.717) is 30.2 Å². The van der Waals surface area contributed by atoms with E-state index in [1.54, 1.807) is 18.3 Å². The molecule has 1 aliphatic carbocycles. The predicted octanol–water partition coefficient (Wildman–Crippen LogP) is 4.84. The van der Waals surface area contributed by atoms with Gasteiger partial charge in [0.2, 0.25) is 11.8 Å². The number of ether oxygens (including phenoxy) is 1. The van der Waals surface area contributed by atoms with Crippen LogP contribution in [0.2, 0.25) is 0 Å². The Balaban J connectivity index is 1.48. The highest BCUT2D eigenvalue weighted by Gasteiger charge is 2.33. The van der Waals surface area contributed by atoms with Crippen molar-refractivity contribution in [2.45, 2.75) is 52.1 Å². The zero-order valence-electron chi connectivity index (χ0n) is 20.5. The maximum Gasteiger partial charge on any atom is 0.230 e. The van der Waals surface area contributed by atoms with Crippen molar-refractivity contribution in [2.24, 2.45) is 5.92 Å². The lowest BCUT2D eigenvalue weighted by Gasteiger charge is -2.29. The first-order valence-electron chi connectivity index (χ1n) is 11.7. The third-order valence-electron chi connectivity index (χ3n) is 6.12. The molecular formula is C28H31N3O4. The highest BCUT2D eigenvalue weighted by Crippen LogP contribution is 2.32. The average molecular weight is 474 g/mol. The second-order valence-electron chi connectivity index (χ2n) is 9.99. The summed E-state index contributed by atoms with van der Waals surface area (Å²) < 4.78 is 5.98. The van der Waals surface area contributed by atoms with E-state index in [2.05, 4.69) is 36.4 Å². The van der Waals surface area contributed by atoms with E-state index >= 15 is 0 Å². The fourth-order valence-electron chi connectivity index (χ4n) is 4.22. The van der Waals surface area contributed by atoms with Crippen molar-refractivity contribution in [1.82, 2.24) is 4.98 Å². The molecule has 0 saturated carbocycles. The predicted molar refractivity (Wildman–Crippen MR) is 136 cm³/mol. The minimum atomic E-state index is -0.763. The van der Waals surface area contributed by atoms with Gasteiger partial charge >= 0.3 is 0 Å². The lowest BCUT2D eigenvalue weighted by Crippen LogP contribution is -2.39. The molecule has 2 amide bonds. The zero-order valence-corrected chi connectivity index (χ0v) is 20.5. The van der Waals surface area contributed by atoms with E-state index in [9.17, 15) is 14.7 Å². The van der Waals surface area contributed by atoms with Crippen LogP contribution in [-0.2, 0) is 27.8 Å². The van der Waals surface area contributed by atoms with Gasteiger partial charge in [-0.25, -0.2) is 4.98 Å². The Morgan fingerprint density at radius 1 is 0.971 bits per heavy atom. The van der Waals surface area contributed by atoms with Gasteiger partial charge in [-0.05, 0) is 65.3 Å². The van der Waals surface area contributed by atoms with Gasteiger partial charge in [0.15, 0.2) is 0 Å². The molecule has 0 spiro atoms. The first-order valence-corrected chi connectivity index (χ1v) is 11.7. The van der Waals surface area contributed by atoms with E-state index in [4.69, 9.17) is 4.74 Å². The molecule has 0 saturated heterocycles. The molecular weight excluding hydrogens is 442 g/mol. The number of nitrogens with zero attached hydrogens (tertiary/aromatic N) is 1. The molecule has 4 rings (SSSR count). The van der Waals surface area contributed by atoms with Crippen LogP contribution in [0.4, 0.5) is 11.5 Å². The summed E-state index contributed by atoms with van der Waals surface area (Å²) in [4.78, 5) is 28.5. The van der Waals surface area contributed by atoms with Crippen LogP contribution in [-0.4, -0.2) is 28.0 Å². The number of benzene rings is 2. The molecule has 0 radical (unpaired) electrons. The standard InChI is InChI=1S/C28H31N3O4/c1-17(32)30-26-16-23(10-11-29-26)35-22-9-8-18-14-25(33)24(13-19(18)12-22)27(34)31-21-7-5-6-20(15-21)28(2,3)4/h5-12,15-16,24-25,33H,13-14H2,1-4H3,(H,31,34)(H,29,30,32). The van der Waals surface area contributed by atoms with Crippen LogP contribution in [0.15, 0.2) is 60.8 Å². The SMILES string of the molecule is CC(=O)Nc1cc(Oc2ccc3c(c2)CC(C(=O)Nc2cccc(C(C)(C)C)c2)C(O)C3)ccn1. The van der Waals surface area contributed by atoms with E-state index in [0.717, 1.165) is 22.4 Å². The summed E-state index contributed by atoms with van der Waals surface area (Å²) in [5.41, 5.74) is 3.79. The van der Waals surface area contributed by atoms with E-state index < -0.39 is 12.0 Å². The number of carbonyl (C=O) groups is 2. The largest absolute Gasteiger partial charge is 0.457 e. The summed E-state index contributed by atoms with van der Waals surface area (Å²) in [5, 5.41) is 16.3. The van der Waals surface area contributed by atoms with Gasteiger partial charge in [-0.1, -0.05) is 39.0 Å². The molecule has 7 heteroatoms. The number of fused-ring (bicyclic) bond motifs is 1. The average Bonchev–Trinajstić information content (AvgIpc) is 2.78. The number of aromatic nitrogens is 1. The summed E-state index contributed by atoms with van der Waals surface area (Å²) in [6.07, 6.45) is 1.61. The molecule has 0 fully saturated rings. The number of hydrogen-bond acceptors (Lipinski definition) is 5. The smallest absolute Gasteiger partial charge is 0.230 e. The molecule has 1 aliphatic rings. The monoisotopic (exact) mass is 473 g/mol. The minimum absolute atomic E-state index is 0.0296. The van der Waals surface area contributed by atoms with Crippen LogP contribution >= 0.6 is 0 Å². The van der Waals surface area contributed by atoms with Crippen LogP contribution in [0.5, 0.6) is 11.5 Å². The Labute approximate surface area is 205 Å². The third kappa shape index (κ3) is 6.05. The van der Waals surface area contributed by atoms with Crippen LogP contribution in [0, 0.1) is 5.92 Å². The van der Waals surface area contributed by atoms with E-state index in [1.165, 1.54) is 6.92 Å². The first kappa shape index (κ1) is 24.4. The Bertz CT molecular complexity index is 1250. The number of rotatable bonds is 5. The number of pyridine rings is 1. The topological polar surface area (TPSA) is 101 Å². The number of aliphatic hydroxyl groups is 1. The van der Waals surface area contributed by atoms with Crippen molar-refractivity contribution in [3.05, 3.63) is 77.5 Å². The lowest BCUT2D eigenvalue weighted by atomic mass is 9.81. The number of nitrogens with one attached hydrogen (secondary N) is 2. The van der Waals surface area contributed by atoms with Crippen LogP contribution in [0.25, 0.3) is 0 Å². The minimum Gasteiger partial charge on any atom is -0.457 e. The molecule has 0 aliphatic heterocycles. The second kappa shape index (κ2) is 9.88. The van der Waals surface area contributed by atoms with Gasteiger partial charge < -0.3 is 20.5 Å². The highest BCUT2D eigenvalue weighted by atomic mass is 16.5. The highest BCUT2D eigenvalue weighted by molar-refractivity contribution is 5.93. The Kier molecular flexibility index (Phi) is 6.89. The van der Waals surface area contributed by atoms with Crippen molar-refractivity contribution in [2.75, 3.05) is 10.6 Å². The maximum absolute atomic E-state index is 13.1. The fraction of sp³-hybridized carbons (Fsp3) is 0.321. The molecule has 2 aromatic carbocycles. The van der Waals surface area contributed by atoms with Gasteiger partial charge in [0, 0.05) is 24.9 Å². The van der Waals surface area contributed by atoms with Gasteiger partial charge in [-0.2, -0.15) is 0 Å². The summed E-state index contributed by atoms with van der Waals surface area (Å²) in [5.74, 6) is 0.572. The first-order chi connectivity index (χ1) is 16.6. The quantitative estimate of drug-likeness (QED) is 0.492. The Morgan fingerprint density at radius 3 is 2.49 bits per heavy atom. The van der Waals surface area contributed by atoms with Crippen LogP contribution in [0.1, 0.15) is 44.4 Å². The zero-order chi connectivity index (χ0) is 25.2. The lowest BCUT2D eigenvalue weighted by molar-refractivity contribution is -0.123. The van der Waals surface area contributed by atoms with Gasteiger partial charge in [0.05, 0.1) is 12.0 Å². The molecule has 2 unspecified atom stereocenters. The normalized spacial score (nSPS) is 17.3. The molecule has 35 heavy (non-hydrogen) atoms. The third-order valence-corrected chi connectivity index (χ3v) is 6.12. The van der Waals surface area contributed by atoms with Crippen molar-refractivity contribution < 1.29 is 19.4 Å². The number of carbonyl (C=O) groups excluding carboxylic acids is 2. The molecule has 0 bridgehead atoms. The van der Waals surface area contributed by atoms with Crippen molar-refractivity contribution >= 4 is 23.3 Å². The van der Waals surface area contributed by atoms with Gasteiger partial charge in [-0.3, -0.25) is 9.59 Å². The van der Waals surface area contributed by atoms with Crippen molar-refractivity contribution in [3.8, 4) is 11.5 Å². The molecule has 1 heterocycles. The summed E-state index contributed by atoms with van der Waals surface area (Å²) in [6.45, 7) is 7.80. The molecule has 182 valence electrons. The molecule has 7 nitrogen and oxygen atoms in total. The summed E-state index contributed by atoms with van der Waals surface area (Å²) >= 11 is 0. The van der Waals surface area contributed by atoms with E-state index in [1.807, 2.05) is 42.5 Å². The second-order valence-corrected chi connectivity index (χ2v) is 9.99. The van der Waals surface area contributed by atoms with E-state index in [-0.39, 0.29) is 17.2 Å². The Morgan fingerprint density at radius 2 is 1.74 bits per heavy atom. The fourth-order valence-corrected chi connectivity index (χ4v) is 4.22. The number of anilines is 2. The summed E-state index contributed by atoms with van der Waals surface area (Å²) in [6, 6.07) is 16.8. The van der Waals surface area contributed by atoms with Gasteiger partial charge in [0.25, 0.3) is 0 Å². The van der Waals surface area contributed by atoms with Gasteiger partial charge in [-0.15, -0.1) is 0 Å². The molecule has 2 atom stereocenters. The molecule has 3 N–H and O–H groups in total. The van der Waals surface area contributed by atoms with Gasteiger partial charge in [0.1, 0.15) is 17.3 Å².